The third-order valence-electron chi connectivity index (χ3n) is 1.63. The van der Waals surface area contributed by atoms with Gasteiger partial charge in [-0.15, -0.1) is 0 Å². The van der Waals surface area contributed by atoms with Crippen LogP contribution in [0.1, 0.15) is 19.4 Å². The zero-order valence-electron chi connectivity index (χ0n) is 7.64. The Morgan fingerprint density at radius 2 is 2.08 bits per heavy atom. The molecular formula is C10H12BrFO. The lowest BCUT2D eigenvalue weighted by Gasteiger charge is -2.17. The first-order chi connectivity index (χ1) is 5.88. The molecule has 0 amide bonds. The van der Waals surface area contributed by atoms with Crippen molar-refractivity contribution in [3.63, 3.8) is 0 Å². The van der Waals surface area contributed by atoms with E-state index >= 15 is 0 Å². The van der Waals surface area contributed by atoms with Gasteiger partial charge in [-0.2, -0.15) is 0 Å². The molecule has 3 heteroatoms. The molecule has 0 aliphatic carbocycles. The number of rotatable bonds is 2. The molecule has 0 aromatic heterocycles. The van der Waals surface area contributed by atoms with E-state index in [1.54, 1.807) is 26.0 Å². The van der Waals surface area contributed by atoms with E-state index in [-0.39, 0.29) is 5.82 Å². The Morgan fingerprint density at radius 1 is 1.46 bits per heavy atom. The fraction of sp³-hybridized carbons (Fsp3) is 0.400. The van der Waals surface area contributed by atoms with Gasteiger partial charge in [-0.05, 0) is 37.6 Å². The first kappa shape index (κ1) is 10.7. The van der Waals surface area contributed by atoms with Crippen LogP contribution in [0.5, 0.6) is 0 Å². The summed E-state index contributed by atoms with van der Waals surface area (Å²) in [6.45, 7) is 3.32. The summed E-state index contributed by atoms with van der Waals surface area (Å²) in [6, 6.07) is 4.72. The highest BCUT2D eigenvalue weighted by molar-refractivity contribution is 9.10. The van der Waals surface area contributed by atoms with Crippen LogP contribution in [0.4, 0.5) is 4.39 Å². The number of hydrogen-bond donors (Lipinski definition) is 1. The Labute approximate surface area is 85.7 Å². The van der Waals surface area contributed by atoms with Gasteiger partial charge >= 0.3 is 0 Å². The molecule has 0 aliphatic rings. The third kappa shape index (κ3) is 3.44. The highest BCUT2D eigenvalue weighted by atomic mass is 79.9. The summed E-state index contributed by atoms with van der Waals surface area (Å²) in [6.07, 6.45) is 0.318. The molecule has 0 radical (unpaired) electrons. The fourth-order valence-corrected chi connectivity index (χ4v) is 1.55. The Bertz CT molecular complexity index is 304. The average Bonchev–Trinajstić information content (AvgIpc) is 1.94. The predicted molar refractivity (Wildman–Crippen MR) is 54.1 cm³/mol. The number of halogens is 2. The van der Waals surface area contributed by atoms with Crippen LogP contribution in [-0.2, 0) is 6.42 Å². The molecule has 1 nitrogen and oxygen atoms in total. The summed E-state index contributed by atoms with van der Waals surface area (Å²) >= 11 is 3.26. The van der Waals surface area contributed by atoms with Crippen LogP contribution in [-0.4, -0.2) is 10.7 Å². The maximum atomic E-state index is 13.2. The lowest BCUT2D eigenvalue weighted by molar-refractivity contribution is 0.0800. The van der Waals surface area contributed by atoms with E-state index in [2.05, 4.69) is 15.9 Å². The van der Waals surface area contributed by atoms with Crippen LogP contribution in [0.25, 0.3) is 0 Å². The average molecular weight is 247 g/mol. The van der Waals surface area contributed by atoms with Crippen molar-refractivity contribution in [2.24, 2.45) is 0 Å². The van der Waals surface area contributed by atoms with Crippen molar-refractivity contribution in [2.45, 2.75) is 25.9 Å². The van der Waals surface area contributed by atoms with Gasteiger partial charge < -0.3 is 5.11 Å². The Morgan fingerprint density at radius 3 is 2.62 bits per heavy atom. The van der Waals surface area contributed by atoms with Gasteiger partial charge in [-0.25, -0.2) is 4.39 Å². The Balaban J connectivity index is 2.94. The Hall–Kier alpha value is -0.410. The molecule has 0 fully saturated rings. The maximum absolute atomic E-state index is 13.2. The minimum atomic E-state index is -0.873. The van der Waals surface area contributed by atoms with E-state index in [1.165, 1.54) is 6.07 Å². The molecule has 1 aromatic rings. The van der Waals surface area contributed by atoms with Gasteiger partial charge in [0.1, 0.15) is 5.82 Å². The first-order valence-electron chi connectivity index (χ1n) is 4.05. The van der Waals surface area contributed by atoms with Crippen molar-refractivity contribution < 1.29 is 9.50 Å². The van der Waals surface area contributed by atoms with Crippen molar-refractivity contribution in [1.29, 1.82) is 0 Å². The van der Waals surface area contributed by atoms with Gasteiger partial charge in [0, 0.05) is 10.9 Å². The van der Waals surface area contributed by atoms with Crippen LogP contribution < -0.4 is 0 Å². The standard InChI is InChI=1S/C10H12BrFO/c1-10(2,13)6-7-5-8(11)3-4-9(7)12/h3-5,13H,6H2,1-2H3. The molecule has 1 rings (SSSR count). The molecule has 72 valence electrons. The number of hydrogen-bond acceptors (Lipinski definition) is 1. The minimum absolute atomic E-state index is 0.273. The molecule has 1 N–H and O–H groups in total. The molecule has 0 aliphatic heterocycles. The number of benzene rings is 1. The summed E-state index contributed by atoms with van der Waals surface area (Å²) in [7, 11) is 0. The van der Waals surface area contributed by atoms with Gasteiger partial charge in [0.25, 0.3) is 0 Å². The van der Waals surface area contributed by atoms with Crippen LogP contribution in [0.15, 0.2) is 22.7 Å². The molecular weight excluding hydrogens is 235 g/mol. The number of aliphatic hydroxyl groups is 1. The first-order valence-corrected chi connectivity index (χ1v) is 4.84. The molecule has 1 aromatic carbocycles. The van der Waals surface area contributed by atoms with Crippen LogP contribution in [0.3, 0.4) is 0 Å². The summed E-state index contributed by atoms with van der Waals surface area (Å²) < 4.78 is 14.0. The van der Waals surface area contributed by atoms with E-state index in [9.17, 15) is 9.50 Å². The molecule has 0 saturated carbocycles. The summed E-state index contributed by atoms with van der Waals surface area (Å²) in [4.78, 5) is 0. The minimum Gasteiger partial charge on any atom is -0.390 e. The van der Waals surface area contributed by atoms with Crippen molar-refractivity contribution in [3.8, 4) is 0 Å². The monoisotopic (exact) mass is 246 g/mol. The van der Waals surface area contributed by atoms with E-state index in [4.69, 9.17) is 0 Å². The van der Waals surface area contributed by atoms with Crippen molar-refractivity contribution in [2.75, 3.05) is 0 Å². The molecule has 13 heavy (non-hydrogen) atoms. The van der Waals surface area contributed by atoms with Gasteiger partial charge in [-0.3, -0.25) is 0 Å². The van der Waals surface area contributed by atoms with Crippen molar-refractivity contribution >= 4 is 15.9 Å². The van der Waals surface area contributed by atoms with Crippen molar-refractivity contribution in [1.82, 2.24) is 0 Å². The second kappa shape index (κ2) is 3.76. The molecule has 0 saturated heterocycles. The topological polar surface area (TPSA) is 20.2 Å². The second-order valence-electron chi connectivity index (χ2n) is 3.72. The lowest BCUT2D eigenvalue weighted by atomic mass is 9.98. The van der Waals surface area contributed by atoms with Gasteiger partial charge in [0.2, 0.25) is 0 Å². The smallest absolute Gasteiger partial charge is 0.126 e. The van der Waals surface area contributed by atoms with E-state index in [1.807, 2.05) is 0 Å². The highest BCUT2D eigenvalue weighted by Crippen LogP contribution is 2.19. The van der Waals surface area contributed by atoms with Crippen molar-refractivity contribution in [3.05, 3.63) is 34.1 Å². The van der Waals surface area contributed by atoms with Gasteiger partial charge in [0.15, 0.2) is 0 Å². The zero-order chi connectivity index (χ0) is 10.1. The summed E-state index contributed by atoms with van der Waals surface area (Å²) in [5.74, 6) is -0.273. The zero-order valence-corrected chi connectivity index (χ0v) is 9.23. The highest BCUT2D eigenvalue weighted by Gasteiger charge is 2.16. The summed E-state index contributed by atoms with van der Waals surface area (Å²) in [5.41, 5.74) is -0.344. The van der Waals surface area contributed by atoms with E-state index in [0.29, 0.717) is 12.0 Å². The molecule has 0 atom stereocenters. The molecule has 0 spiro atoms. The summed E-state index contributed by atoms with van der Waals surface area (Å²) in [5, 5.41) is 9.50. The van der Waals surface area contributed by atoms with Crippen LogP contribution >= 0.6 is 15.9 Å². The maximum Gasteiger partial charge on any atom is 0.126 e. The lowest BCUT2D eigenvalue weighted by Crippen LogP contribution is -2.22. The molecule has 0 bridgehead atoms. The van der Waals surface area contributed by atoms with Gasteiger partial charge in [0.05, 0.1) is 5.60 Å². The SMILES string of the molecule is CC(C)(O)Cc1cc(Br)ccc1F. The normalized spacial score (nSPS) is 11.8. The van der Waals surface area contributed by atoms with Gasteiger partial charge in [-0.1, -0.05) is 15.9 Å². The van der Waals surface area contributed by atoms with Crippen LogP contribution in [0, 0.1) is 5.82 Å². The predicted octanol–water partition coefficient (Wildman–Crippen LogP) is 2.90. The third-order valence-corrected chi connectivity index (χ3v) is 2.12. The Kier molecular flexibility index (Phi) is 3.09. The largest absolute Gasteiger partial charge is 0.390 e. The fourth-order valence-electron chi connectivity index (χ4n) is 1.14. The molecule has 0 unspecified atom stereocenters. The van der Waals surface area contributed by atoms with Crippen LogP contribution in [0.2, 0.25) is 0 Å². The van der Waals surface area contributed by atoms with E-state index < -0.39 is 5.60 Å². The quantitative estimate of drug-likeness (QED) is 0.851. The van der Waals surface area contributed by atoms with E-state index in [0.717, 1.165) is 4.47 Å². The second-order valence-corrected chi connectivity index (χ2v) is 4.64. The molecule has 0 heterocycles.